The zero-order valence-electron chi connectivity index (χ0n) is 20.3. The molecule has 194 valence electrons. The number of carbonyl (C=O) groups excluding carboxylic acids is 2. The van der Waals surface area contributed by atoms with Crippen molar-refractivity contribution < 1.29 is 32.6 Å². The number of likely N-dealkylation sites (tertiary alicyclic amines) is 1. The normalized spacial score (nSPS) is 20.2. The van der Waals surface area contributed by atoms with Gasteiger partial charge in [0, 0.05) is 19.6 Å². The zero-order chi connectivity index (χ0) is 25.4. The second-order valence-electron chi connectivity index (χ2n) is 9.26. The van der Waals surface area contributed by atoms with Gasteiger partial charge >= 0.3 is 0 Å². The van der Waals surface area contributed by atoms with Crippen LogP contribution in [0.2, 0.25) is 0 Å². The lowest BCUT2D eigenvalue weighted by atomic mass is 9.96. The van der Waals surface area contributed by atoms with Crippen LogP contribution in [0.25, 0.3) is 0 Å². The monoisotopic (exact) mass is 502 g/mol. The summed E-state index contributed by atoms with van der Waals surface area (Å²) in [6.07, 6.45) is 3.28. The highest BCUT2D eigenvalue weighted by atomic mass is 19.1. The molecule has 2 aromatic carbocycles. The first-order chi connectivity index (χ1) is 17.4. The third-order valence-corrected chi connectivity index (χ3v) is 6.50. The molecule has 2 aromatic rings. The van der Waals surface area contributed by atoms with Crippen LogP contribution in [0.3, 0.4) is 0 Å². The van der Waals surface area contributed by atoms with Gasteiger partial charge in [-0.1, -0.05) is 0 Å². The number of benzene rings is 2. The number of amides is 2. The van der Waals surface area contributed by atoms with Crippen molar-refractivity contribution in [2.45, 2.75) is 37.7 Å². The van der Waals surface area contributed by atoms with E-state index < -0.39 is 5.60 Å². The minimum atomic E-state index is -1.02. The first-order valence-corrected chi connectivity index (χ1v) is 12.4. The molecule has 0 N–H and O–H groups in total. The molecule has 9 heteroatoms. The predicted molar refractivity (Wildman–Crippen MR) is 129 cm³/mol. The molecule has 2 saturated heterocycles. The fourth-order valence-corrected chi connectivity index (χ4v) is 4.52. The summed E-state index contributed by atoms with van der Waals surface area (Å²) in [5.41, 5.74) is -1.02. The van der Waals surface area contributed by atoms with E-state index in [1.807, 2.05) is 4.90 Å². The number of piperidine rings is 1. The third kappa shape index (κ3) is 7.16. The summed E-state index contributed by atoms with van der Waals surface area (Å²) in [5.74, 6) is 0.0700. The van der Waals surface area contributed by atoms with Crippen molar-refractivity contribution in [1.29, 1.82) is 0 Å². The number of hydrogen-bond acceptors (Lipinski definition) is 5. The van der Waals surface area contributed by atoms with Crippen LogP contribution >= 0.6 is 0 Å². The van der Waals surface area contributed by atoms with Gasteiger partial charge in [-0.3, -0.25) is 9.59 Å². The van der Waals surface area contributed by atoms with Crippen molar-refractivity contribution >= 4 is 11.8 Å². The molecular formula is C27H32F2N2O5. The van der Waals surface area contributed by atoms with Crippen LogP contribution in [0.1, 0.15) is 32.1 Å². The van der Waals surface area contributed by atoms with Crippen molar-refractivity contribution in [1.82, 2.24) is 9.80 Å². The van der Waals surface area contributed by atoms with Crippen LogP contribution in [0.4, 0.5) is 8.78 Å². The summed E-state index contributed by atoms with van der Waals surface area (Å²) in [4.78, 5) is 29.7. The van der Waals surface area contributed by atoms with Gasteiger partial charge in [0.15, 0.2) is 0 Å². The Morgan fingerprint density at radius 3 is 2.06 bits per heavy atom. The largest absolute Gasteiger partial charge is 0.493 e. The zero-order valence-corrected chi connectivity index (χ0v) is 20.3. The Kier molecular flexibility index (Phi) is 8.74. The lowest BCUT2D eigenvalue weighted by molar-refractivity contribution is -0.166. The topological polar surface area (TPSA) is 68.3 Å². The number of halogens is 2. The summed E-state index contributed by atoms with van der Waals surface area (Å²) in [7, 11) is 0. The first kappa shape index (κ1) is 25.9. The lowest BCUT2D eigenvalue weighted by Gasteiger charge is -2.43. The third-order valence-electron chi connectivity index (χ3n) is 6.50. The first-order valence-electron chi connectivity index (χ1n) is 12.4. The molecule has 0 bridgehead atoms. The Morgan fingerprint density at radius 2 is 1.42 bits per heavy atom. The van der Waals surface area contributed by atoms with Crippen molar-refractivity contribution in [3.63, 3.8) is 0 Å². The average molecular weight is 503 g/mol. The van der Waals surface area contributed by atoms with Crippen molar-refractivity contribution in [2.75, 3.05) is 46.0 Å². The smallest absolute Gasteiger partial charge is 0.226 e. The quantitative estimate of drug-likeness (QED) is 0.522. The van der Waals surface area contributed by atoms with Gasteiger partial charge in [-0.25, -0.2) is 8.78 Å². The highest BCUT2D eigenvalue weighted by Gasteiger charge is 2.42. The standard InChI is InChI=1S/C27H32F2N2O5/c28-21-4-8-23(9-5-21)34-16-12-25(32)31-15-17-36-27(19-31,18-26(33)30-13-2-1-3-14-30)20-35-24-10-6-22(29)7-11-24/h4-11H,1-3,12-20H2/t27-/m0/s1. The highest BCUT2D eigenvalue weighted by molar-refractivity contribution is 5.79. The Bertz CT molecular complexity index is 1010. The number of hydrogen-bond donors (Lipinski definition) is 0. The fraction of sp³-hybridized carbons (Fsp3) is 0.481. The molecule has 2 aliphatic heterocycles. The van der Waals surface area contributed by atoms with Gasteiger partial charge in [-0.05, 0) is 67.8 Å². The number of morpholine rings is 1. The van der Waals surface area contributed by atoms with E-state index in [1.165, 1.54) is 48.5 Å². The Morgan fingerprint density at radius 1 is 0.806 bits per heavy atom. The molecule has 7 nitrogen and oxygen atoms in total. The maximum atomic E-state index is 13.3. The second-order valence-corrected chi connectivity index (χ2v) is 9.26. The van der Waals surface area contributed by atoms with Gasteiger partial charge in [0.2, 0.25) is 11.8 Å². The molecule has 0 unspecified atom stereocenters. The fourth-order valence-electron chi connectivity index (χ4n) is 4.52. The average Bonchev–Trinajstić information content (AvgIpc) is 2.90. The minimum Gasteiger partial charge on any atom is -0.493 e. The van der Waals surface area contributed by atoms with Crippen molar-refractivity contribution in [3.8, 4) is 11.5 Å². The second kappa shape index (κ2) is 12.2. The Hall–Kier alpha value is -3.20. The van der Waals surface area contributed by atoms with Crippen LogP contribution in [-0.4, -0.2) is 73.2 Å². The van der Waals surface area contributed by atoms with Crippen molar-refractivity contribution in [3.05, 3.63) is 60.2 Å². The van der Waals surface area contributed by atoms with Gasteiger partial charge in [0.1, 0.15) is 35.3 Å². The van der Waals surface area contributed by atoms with E-state index >= 15 is 0 Å². The molecule has 0 saturated carbocycles. The van der Waals surface area contributed by atoms with E-state index in [4.69, 9.17) is 14.2 Å². The Balaban J connectivity index is 1.39. The molecule has 2 amide bonds. The van der Waals surface area contributed by atoms with E-state index in [-0.39, 0.29) is 62.7 Å². The summed E-state index contributed by atoms with van der Waals surface area (Å²) in [6, 6.07) is 11.3. The molecule has 1 atom stereocenters. The number of carbonyl (C=O) groups is 2. The SMILES string of the molecule is O=C(C[C@@]1(COc2ccc(F)cc2)CN(C(=O)CCOc2ccc(F)cc2)CCO1)N1CCCCC1. The van der Waals surface area contributed by atoms with E-state index in [2.05, 4.69) is 0 Å². The maximum absolute atomic E-state index is 13.3. The summed E-state index contributed by atoms with van der Waals surface area (Å²) < 4.78 is 44.0. The molecule has 0 aromatic heterocycles. The molecule has 2 fully saturated rings. The summed E-state index contributed by atoms with van der Waals surface area (Å²) >= 11 is 0. The van der Waals surface area contributed by atoms with E-state index in [9.17, 15) is 18.4 Å². The number of rotatable bonds is 9. The van der Waals surface area contributed by atoms with Gasteiger partial charge < -0.3 is 24.0 Å². The summed E-state index contributed by atoms with van der Waals surface area (Å²) in [6.45, 7) is 2.50. The molecule has 4 rings (SSSR count). The van der Waals surface area contributed by atoms with Crippen LogP contribution in [0.5, 0.6) is 11.5 Å². The predicted octanol–water partition coefficient (Wildman–Crippen LogP) is 3.81. The van der Waals surface area contributed by atoms with Gasteiger partial charge in [-0.15, -0.1) is 0 Å². The van der Waals surface area contributed by atoms with Crippen molar-refractivity contribution in [2.24, 2.45) is 0 Å². The van der Waals surface area contributed by atoms with Gasteiger partial charge in [0.05, 0.1) is 32.6 Å². The molecule has 2 aliphatic rings. The van der Waals surface area contributed by atoms with Crippen LogP contribution in [0, 0.1) is 11.6 Å². The lowest BCUT2D eigenvalue weighted by Crippen LogP contribution is -2.58. The Labute approximate surface area is 209 Å². The number of ether oxygens (including phenoxy) is 3. The molecule has 0 spiro atoms. The molecule has 36 heavy (non-hydrogen) atoms. The highest BCUT2D eigenvalue weighted by Crippen LogP contribution is 2.27. The number of nitrogens with zero attached hydrogens (tertiary/aromatic N) is 2. The van der Waals surface area contributed by atoms with Crippen LogP contribution < -0.4 is 9.47 Å². The van der Waals surface area contributed by atoms with Gasteiger partial charge in [0.25, 0.3) is 0 Å². The van der Waals surface area contributed by atoms with E-state index in [0.717, 1.165) is 32.4 Å². The van der Waals surface area contributed by atoms with Gasteiger partial charge in [-0.2, -0.15) is 0 Å². The molecular weight excluding hydrogens is 470 g/mol. The van der Waals surface area contributed by atoms with E-state index in [0.29, 0.717) is 18.0 Å². The molecule has 0 radical (unpaired) electrons. The minimum absolute atomic E-state index is 0.0219. The molecule has 0 aliphatic carbocycles. The molecule has 2 heterocycles. The van der Waals surface area contributed by atoms with E-state index in [1.54, 1.807) is 4.90 Å². The summed E-state index contributed by atoms with van der Waals surface area (Å²) in [5, 5.41) is 0. The van der Waals surface area contributed by atoms with Crippen LogP contribution in [0.15, 0.2) is 48.5 Å². The maximum Gasteiger partial charge on any atom is 0.226 e. The van der Waals surface area contributed by atoms with Crippen LogP contribution in [-0.2, 0) is 14.3 Å².